The van der Waals surface area contributed by atoms with E-state index in [0.717, 1.165) is 0 Å². The topological polar surface area (TPSA) is 99.1 Å². The molecule has 0 aromatic rings. The van der Waals surface area contributed by atoms with Crippen LogP contribution in [0.5, 0.6) is 0 Å². The standard InChI is InChI=1S/C20H24O7/c1-9(2)6-15(22)26-17-16-11(4)19(24)25-13(16)7-10(3)12-8-14(21)20(5,27-12)18(17)23/h7-9,13,16-18,23H,4,6H2,1-3,5H3/b10-7-/t13-,16+,17+,18-,20+/m1/s1. The molecule has 5 atom stereocenters. The number of hydrogen-bond acceptors (Lipinski definition) is 7. The zero-order valence-corrected chi connectivity index (χ0v) is 15.9. The minimum absolute atomic E-state index is 0.0433. The first kappa shape index (κ1) is 19.4. The van der Waals surface area contributed by atoms with E-state index >= 15 is 0 Å². The third-order valence-electron chi connectivity index (χ3n) is 5.21. The van der Waals surface area contributed by atoms with Crippen LogP contribution < -0.4 is 0 Å². The predicted octanol–water partition coefficient (Wildman–Crippen LogP) is 1.60. The molecule has 2 bridgehead atoms. The maximum atomic E-state index is 12.5. The van der Waals surface area contributed by atoms with Crippen LogP contribution in [0.15, 0.2) is 35.6 Å². The Balaban J connectivity index is 2.07. The highest BCUT2D eigenvalue weighted by Crippen LogP contribution is 2.42. The average Bonchev–Trinajstić information content (AvgIpc) is 3.02. The molecule has 0 amide bonds. The van der Waals surface area contributed by atoms with Crippen LogP contribution in [0.4, 0.5) is 0 Å². The molecule has 0 saturated carbocycles. The van der Waals surface area contributed by atoms with Gasteiger partial charge in [-0.15, -0.1) is 0 Å². The summed E-state index contributed by atoms with van der Waals surface area (Å²) in [5.41, 5.74) is -0.951. The summed E-state index contributed by atoms with van der Waals surface area (Å²) < 4.78 is 16.7. The number of esters is 2. The summed E-state index contributed by atoms with van der Waals surface area (Å²) in [6.07, 6.45) is -0.442. The number of rotatable bonds is 3. The van der Waals surface area contributed by atoms with Crippen molar-refractivity contribution in [3.63, 3.8) is 0 Å². The number of hydrogen-bond donors (Lipinski definition) is 1. The fraction of sp³-hybridized carbons (Fsp3) is 0.550. The zero-order chi connectivity index (χ0) is 20.1. The van der Waals surface area contributed by atoms with Gasteiger partial charge in [-0.2, -0.15) is 0 Å². The third-order valence-corrected chi connectivity index (χ3v) is 5.21. The van der Waals surface area contributed by atoms with Gasteiger partial charge in [-0.05, 0) is 31.4 Å². The Kier molecular flexibility index (Phi) is 4.76. The summed E-state index contributed by atoms with van der Waals surface area (Å²) in [4.78, 5) is 37.0. The molecule has 1 fully saturated rings. The van der Waals surface area contributed by atoms with Crippen molar-refractivity contribution < 1.29 is 33.7 Å². The van der Waals surface area contributed by atoms with E-state index in [1.165, 1.54) is 13.0 Å². The minimum Gasteiger partial charge on any atom is -0.476 e. The fourth-order valence-corrected chi connectivity index (χ4v) is 3.61. The van der Waals surface area contributed by atoms with E-state index in [2.05, 4.69) is 6.58 Å². The first-order chi connectivity index (χ1) is 12.5. The molecular formula is C20H24O7. The molecule has 3 heterocycles. The van der Waals surface area contributed by atoms with Crippen molar-refractivity contribution in [2.75, 3.05) is 0 Å². The van der Waals surface area contributed by atoms with Gasteiger partial charge in [-0.25, -0.2) is 4.79 Å². The van der Waals surface area contributed by atoms with Gasteiger partial charge in [0.05, 0.1) is 5.92 Å². The maximum Gasteiger partial charge on any atom is 0.334 e. The summed E-state index contributed by atoms with van der Waals surface area (Å²) in [5, 5.41) is 11.0. The largest absolute Gasteiger partial charge is 0.476 e. The molecule has 146 valence electrons. The Bertz CT molecular complexity index is 775. The smallest absolute Gasteiger partial charge is 0.334 e. The first-order valence-electron chi connectivity index (χ1n) is 8.96. The number of ketones is 1. The minimum atomic E-state index is -1.63. The molecule has 3 aliphatic heterocycles. The molecule has 7 nitrogen and oxygen atoms in total. The summed E-state index contributed by atoms with van der Waals surface area (Å²) in [7, 11) is 0. The van der Waals surface area contributed by atoms with Gasteiger partial charge in [0.25, 0.3) is 0 Å². The second-order valence-corrected chi connectivity index (χ2v) is 7.85. The van der Waals surface area contributed by atoms with Crippen LogP contribution in [0.2, 0.25) is 0 Å². The van der Waals surface area contributed by atoms with Gasteiger partial charge in [0, 0.05) is 18.1 Å². The number of ether oxygens (including phenoxy) is 3. The lowest BCUT2D eigenvalue weighted by Gasteiger charge is -2.36. The zero-order valence-electron chi connectivity index (χ0n) is 15.9. The van der Waals surface area contributed by atoms with Gasteiger partial charge in [-0.3, -0.25) is 9.59 Å². The Hall–Kier alpha value is -2.41. The van der Waals surface area contributed by atoms with E-state index in [1.54, 1.807) is 13.0 Å². The van der Waals surface area contributed by atoms with Crippen LogP contribution in [0, 0.1) is 11.8 Å². The molecule has 1 N–H and O–H groups in total. The number of allylic oxidation sites excluding steroid dienone is 1. The molecule has 27 heavy (non-hydrogen) atoms. The highest BCUT2D eigenvalue weighted by molar-refractivity contribution is 6.00. The van der Waals surface area contributed by atoms with Crippen molar-refractivity contribution >= 4 is 17.7 Å². The Morgan fingerprint density at radius 2 is 2.07 bits per heavy atom. The van der Waals surface area contributed by atoms with Crippen LogP contribution in [0.3, 0.4) is 0 Å². The van der Waals surface area contributed by atoms with Crippen molar-refractivity contribution in [3.05, 3.63) is 35.6 Å². The van der Waals surface area contributed by atoms with Gasteiger partial charge < -0.3 is 19.3 Å². The van der Waals surface area contributed by atoms with Gasteiger partial charge in [0.15, 0.2) is 5.60 Å². The van der Waals surface area contributed by atoms with Crippen molar-refractivity contribution in [2.45, 2.75) is 58.0 Å². The molecule has 0 spiro atoms. The normalized spacial score (nSPS) is 37.3. The average molecular weight is 376 g/mol. The fourth-order valence-electron chi connectivity index (χ4n) is 3.61. The number of fused-ring (bicyclic) bond motifs is 3. The molecule has 7 heteroatoms. The van der Waals surface area contributed by atoms with Crippen LogP contribution in [0.25, 0.3) is 0 Å². The molecule has 0 radical (unpaired) electrons. The molecule has 3 rings (SSSR count). The summed E-state index contributed by atoms with van der Waals surface area (Å²) in [6.45, 7) is 10.6. The number of aliphatic hydroxyl groups is 1. The molecular weight excluding hydrogens is 352 g/mol. The summed E-state index contributed by atoms with van der Waals surface area (Å²) in [6, 6.07) is 0. The molecule has 0 aliphatic carbocycles. The summed E-state index contributed by atoms with van der Waals surface area (Å²) in [5.74, 6) is -2.07. The SMILES string of the molecule is C=C1C(=O)O[C@@H]2/C=C(/C)C3=CC(=O)[C@](C)(O3)[C@H](O)[C@@H](OC(=O)CC(C)C)[C@@H]12. The van der Waals surface area contributed by atoms with Gasteiger partial charge in [0.2, 0.25) is 5.78 Å². The maximum absolute atomic E-state index is 12.5. The van der Waals surface area contributed by atoms with E-state index in [9.17, 15) is 19.5 Å². The number of carbonyl (C=O) groups excluding carboxylic acids is 3. The Labute approximate surface area is 157 Å². The van der Waals surface area contributed by atoms with Crippen LogP contribution in [0.1, 0.15) is 34.1 Å². The lowest BCUT2D eigenvalue weighted by molar-refractivity contribution is -0.179. The van der Waals surface area contributed by atoms with Crippen molar-refractivity contribution in [1.29, 1.82) is 0 Å². The lowest BCUT2D eigenvalue weighted by Crippen LogP contribution is -2.55. The molecule has 1 saturated heterocycles. The second-order valence-electron chi connectivity index (χ2n) is 7.85. The quantitative estimate of drug-likeness (QED) is 0.590. The van der Waals surface area contributed by atoms with Gasteiger partial charge in [-0.1, -0.05) is 20.4 Å². The Morgan fingerprint density at radius 1 is 1.41 bits per heavy atom. The van der Waals surface area contributed by atoms with E-state index in [4.69, 9.17) is 14.2 Å². The Morgan fingerprint density at radius 3 is 2.70 bits per heavy atom. The van der Waals surface area contributed by atoms with Crippen molar-refractivity contribution in [3.8, 4) is 0 Å². The summed E-state index contributed by atoms with van der Waals surface area (Å²) >= 11 is 0. The van der Waals surface area contributed by atoms with Crippen molar-refractivity contribution in [2.24, 2.45) is 11.8 Å². The van der Waals surface area contributed by atoms with Crippen LogP contribution in [-0.4, -0.2) is 46.7 Å². The number of carbonyl (C=O) groups is 3. The first-order valence-corrected chi connectivity index (χ1v) is 8.96. The second kappa shape index (κ2) is 6.64. The number of aliphatic hydroxyl groups excluding tert-OH is 1. The monoisotopic (exact) mass is 376 g/mol. The highest BCUT2D eigenvalue weighted by atomic mass is 16.6. The van der Waals surface area contributed by atoms with E-state index in [0.29, 0.717) is 11.3 Å². The van der Waals surface area contributed by atoms with E-state index in [1.807, 2.05) is 13.8 Å². The van der Waals surface area contributed by atoms with Gasteiger partial charge >= 0.3 is 11.9 Å². The van der Waals surface area contributed by atoms with Gasteiger partial charge in [0.1, 0.15) is 24.1 Å². The lowest BCUT2D eigenvalue weighted by atomic mass is 9.80. The van der Waals surface area contributed by atoms with Crippen LogP contribution >= 0.6 is 0 Å². The van der Waals surface area contributed by atoms with E-state index < -0.39 is 47.6 Å². The highest BCUT2D eigenvalue weighted by Gasteiger charge is 2.57. The van der Waals surface area contributed by atoms with Crippen LogP contribution in [-0.2, 0) is 28.6 Å². The third kappa shape index (κ3) is 3.20. The molecule has 3 aliphatic rings. The van der Waals surface area contributed by atoms with E-state index in [-0.39, 0.29) is 17.9 Å². The molecule has 0 aromatic heterocycles. The predicted molar refractivity (Wildman–Crippen MR) is 94.2 cm³/mol. The molecule has 0 unspecified atom stereocenters. The van der Waals surface area contributed by atoms with Crippen molar-refractivity contribution in [1.82, 2.24) is 0 Å². The molecule has 0 aromatic carbocycles.